The van der Waals surface area contributed by atoms with Gasteiger partial charge in [0.05, 0.1) is 0 Å². The van der Waals surface area contributed by atoms with Crippen molar-refractivity contribution in [2.24, 2.45) is 0 Å². The van der Waals surface area contributed by atoms with Gasteiger partial charge in [0.15, 0.2) is 0 Å². The highest BCUT2D eigenvalue weighted by atomic mass is 15.1. The second kappa shape index (κ2) is 6.18. The van der Waals surface area contributed by atoms with Gasteiger partial charge in [-0.25, -0.2) is 0 Å². The van der Waals surface area contributed by atoms with Gasteiger partial charge in [0, 0.05) is 13.1 Å². The van der Waals surface area contributed by atoms with E-state index in [2.05, 4.69) is 42.4 Å². The first kappa shape index (κ1) is 12.6. The quantitative estimate of drug-likeness (QED) is 0.839. The summed E-state index contributed by atoms with van der Waals surface area (Å²) in [6, 6.07) is 6.76. The molecule has 0 fully saturated rings. The Balaban J connectivity index is 2.05. The number of benzene rings is 1. The van der Waals surface area contributed by atoms with Crippen LogP contribution in [0.2, 0.25) is 0 Å². The fraction of sp³-hybridized carbons (Fsp3) is 0.600. The smallest absolute Gasteiger partial charge is 0.0233 e. The van der Waals surface area contributed by atoms with E-state index in [-0.39, 0.29) is 0 Å². The molecule has 0 saturated heterocycles. The van der Waals surface area contributed by atoms with E-state index in [0.29, 0.717) is 0 Å². The van der Waals surface area contributed by atoms with Crippen LogP contribution < -0.4 is 5.32 Å². The molecule has 1 N–H and O–H groups in total. The average molecular weight is 232 g/mol. The maximum atomic E-state index is 3.44. The highest BCUT2D eigenvalue weighted by Crippen LogP contribution is 2.19. The normalized spacial score (nSPS) is 15.0. The number of nitrogens with one attached hydrogen (secondary N) is 1. The molecular formula is C15H24N2. The average Bonchev–Trinajstić information content (AvgIpc) is 2.37. The van der Waals surface area contributed by atoms with E-state index in [1.54, 1.807) is 5.56 Å². The van der Waals surface area contributed by atoms with Gasteiger partial charge in [0.1, 0.15) is 0 Å². The Hall–Kier alpha value is -0.860. The highest BCUT2D eigenvalue weighted by molar-refractivity contribution is 5.36. The third-order valence-electron chi connectivity index (χ3n) is 3.57. The van der Waals surface area contributed by atoms with Crippen LogP contribution in [0.5, 0.6) is 0 Å². The van der Waals surface area contributed by atoms with Crippen molar-refractivity contribution < 1.29 is 0 Å². The largest absolute Gasteiger partial charge is 0.312 e. The molecule has 1 aromatic carbocycles. The van der Waals surface area contributed by atoms with Crippen LogP contribution in [0, 0.1) is 0 Å². The Labute approximate surface area is 105 Å². The molecule has 0 atom stereocenters. The van der Waals surface area contributed by atoms with Crippen molar-refractivity contribution in [1.82, 2.24) is 10.2 Å². The molecule has 0 radical (unpaired) electrons. The Morgan fingerprint density at radius 2 is 2.24 bits per heavy atom. The predicted molar refractivity (Wildman–Crippen MR) is 73.1 cm³/mol. The summed E-state index contributed by atoms with van der Waals surface area (Å²) in [4.78, 5) is 2.45. The van der Waals surface area contributed by atoms with E-state index in [4.69, 9.17) is 0 Å². The van der Waals surface area contributed by atoms with Crippen molar-refractivity contribution in [2.75, 3.05) is 20.1 Å². The molecule has 0 aromatic heterocycles. The van der Waals surface area contributed by atoms with Crippen LogP contribution >= 0.6 is 0 Å². The Kier molecular flexibility index (Phi) is 4.57. The second-order valence-corrected chi connectivity index (χ2v) is 5.07. The molecule has 0 unspecified atom stereocenters. The van der Waals surface area contributed by atoms with Crippen LogP contribution in [0.15, 0.2) is 18.2 Å². The van der Waals surface area contributed by atoms with Gasteiger partial charge in [0.25, 0.3) is 0 Å². The lowest BCUT2D eigenvalue weighted by Crippen LogP contribution is -2.26. The molecular weight excluding hydrogens is 208 g/mol. The van der Waals surface area contributed by atoms with Crippen molar-refractivity contribution >= 4 is 0 Å². The Morgan fingerprint density at radius 3 is 3.06 bits per heavy atom. The summed E-state index contributed by atoms with van der Waals surface area (Å²) in [5.41, 5.74) is 4.62. The zero-order chi connectivity index (χ0) is 12.1. The number of hydrogen-bond acceptors (Lipinski definition) is 2. The Bertz CT molecular complexity index is 360. The van der Waals surface area contributed by atoms with Gasteiger partial charge < -0.3 is 10.2 Å². The van der Waals surface area contributed by atoms with E-state index in [9.17, 15) is 0 Å². The van der Waals surface area contributed by atoms with Gasteiger partial charge in [-0.05, 0) is 49.7 Å². The summed E-state index contributed by atoms with van der Waals surface area (Å²) < 4.78 is 0. The molecule has 0 amide bonds. The maximum Gasteiger partial charge on any atom is 0.0233 e. The summed E-state index contributed by atoms with van der Waals surface area (Å²) in [6.45, 7) is 6.73. The fourth-order valence-electron chi connectivity index (χ4n) is 2.56. The summed E-state index contributed by atoms with van der Waals surface area (Å²) in [6.07, 6.45) is 3.77. The summed E-state index contributed by atoms with van der Waals surface area (Å²) in [7, 11) is 2.23. The molecule has 0 bridgehead atoms. The topological polar surface area (TPSA) is 15.3 Å². The van der Waals surface area contributed by atoms with Gasteiger partial charge in [-0.3, -0.25) is 0 Å². The van der Waals surface area contributed by atoms with E-state index < -0.39 is 0 Å². The lowest BCUT2D eigenvalue weighted by Gasteiger charge is -2.23. The molecule has 0 saturated carbocycles. The minimum atomic E-state index is 1.04. The van der Waals surface area contributed by atoms with E-state index in [0.717, 1.165) is 19.6 Å². The third-order valence-corrected chi connectivity index (χ3v) is 3.57. The first-order valence-corrected chi connectivity index (χ1v) is 6.80. The monoisotopic (exact) mass is 232 g/mol. The molecule has 0 aliphatic carbocycles. The standard InChI is InChI=1S/C15H24N2/c1-3-4-10-17(2)12-14-7-5-6-13-11-16-9-8-15(13)14/h5-7,16H,3-4,8-12H2,1-2H3. The van der Waals surface area contributed by atoms with E-state index >= 15 is 0 Å². The maximum absolute atomic E-state index is 3.44. The minimum Gasteiger partial charge on any atom is -0.312 e. The van der Waals surface area contributed by atoms with Crippen LogP contribution in [0.3, 0.4) is 0 Å². The molecule has 2 nitrogen and oxygen atoms in total. The molecule has 2 heteroatoms. The van der Waals surface area contributed by atoms with Gasteiger partial charge >= 0.3 is 0 Å². The molecule has 1 aromatic rings. The molecule has 2 rings (SSSR count). The zero-order valence-corrected chi connectivity index (χ0v) is 11.1. The highest BCUT2D eigenvalue weighted by Gasteiger charge is 2.12. The number of nitrogens with zero attached hydrogens (tertiary/aromatic N) is 1. The third kappa shape index (κ3) is 3.30. The van der Waals surface area contributed by atoms with Gasteiger partial charge in [0.2, 0.25) is 0 Å². The lowest BCUT2D eigenvalue weighted by molar-refractivity contribution is 0.319. The second-order valence-electron chi connectivity index (χ2n) is 5.07. The van der Waals surface area contributed by atoms with Crippen molar-refractivity contribution in [3.8, 4) is 0 Å². The first-order chi connectivity index (χ1) is 8.31. The number of unbranched alkanes of at least 4 members (excludes halogenated alkanes) is 1. The van der Waals surface area contributed by atoms with Gasteiger partial charge in [-0.2, -0.15) is 0 Å². The molecule has 17 heavy (non-hydrogen) atoms. The van der Waals surface area contributed by atoms with Crippen molar-refractivity contribution in [3.05, 3.63) is 34.9 Å². The van der Waals surface area contributed by atoms with Gasteiger partial charge in [-0.15, -0.1) is 0 Å². The van der Waals surface area contributed by atoms with E-state index in [1.807, 2.05) is 0 Å². The minimum absolute atomic E-state index is 1.04. The predicted octanol–water partition coefficient (Wildman–Crippen LogP) is 2.56. The molecule has 1 aliphatic rings. The SMILES string of the molecule is CCCCN(C)Cc1cccc2c1CCNC2. The Morgan fingerprint density at radius 1 is 1.35 bits per heavy atom. The fourth-order valence-corrected chi connectivity index (χ4v) is 2.56. The van der Waals surface area contributed by atoms with Crippen molar-refractivity contribution in [1.29, 1.82) is 0 Å². The molecule has 0 spiro atoms. The van der Waals surface area contributed by atoms with Crippen LogP contribution in [0.4, 0.5) is 0 Å². The number of hydrogen-bond donors (Lipinski definition) is 1. The number of rotatable bonds is 5. The lowest BCUT2D eigenvalue weighted by atomic mass is 9.95. The molecule has 1 aliphatic heterocycles. The summed E-state index contributed by atoms with van der Waals surface area (Å²) in [5, 5.41) is 3.44. The summed E-state index contributed by atoms with van der Waals surface area (Å²) in [5.74, 6) is 0. The van der Waals surface area contributed by atoms with E-state index in [1.165, 1.54) is 36.9 Å². The summed E-state index contributed by atoms with van der Waals surface area (Å²) >= 11 is 0. The van der Waals surface area contributed by atoms with Crippen LogP contribution in [0.1, 0.15) is 36.5 Å². The zero-order valence-electron chi connectivity index (χ0n) is 11.1. The number of fused-ring (bicyclic) bond motifs is 1. The van der Waals surface area contributed by atoms with Crippen LogP contribution in [0.25, 0.3) is 0 Å². The van der Waals surface area contributed by atoms with Crippen LogP contribution in [-0.2, 0) is 19.5 Å². The van der Waals surface area contributed by atoms with Crippen LogP contribution in [-0.4, -0.2) is 25.0 Å². The van der Waals surface area contributed by atoms with Crippen molar-refractivity contribution in [3.63, 3.8) is 0 Å². The molecule has 94 valence electrons. The van der Waals surface area contributed by atoms with Crippen molar-refractivity contribution in [2.45, 2.75) is 39.3 Å². The molecule has 1 heterocycles. The van der Waals surface area contributed by atoms with Gasteiger partial charge in [-0.1, -0.05) is 31.5 Å². The first-order valence-electron chi connectivity index (χ1n) is 6.80.